The van der Waals surface area contributed by atoms with Crippen molar-refractivity contribution in [2.75, 3.05) is 0 Å². The Hall–Kier alpha value is -6.46. The monoisotopic (exact) mass is 758 g/mol. The van der Waals surface area contributed by atoms with E-state index in [-0.39, 0.29) is 17.5 Å². The van der Waals surface area contributed by atoms with Crippen molar-refractivity contribution in [2.24, 2.45) is 0 Å². The molecule has 0 unspecified atom stereocenters. The summed E-state index contributed by atoms with van der Waals surface area (Å²) >= 11 is 0. The molecule has 5 heteroatoms. The Kier molecular flexibility index (Phi) is 6.12. The third-order valence-electron chi connectivity index (χ3n) is 14.8. The van der Waals surface area contributed by atoms with Gasteiger partial charge in [0.2, 0.25) is 0 Å². The summed E-state index contributed by atoms with van der Waals surface area (Å²) in [4.78, 5) is 11.7. The average Bonchev–Trinajstić information content (AvgIpc) is 3.92. The minimum absolute atomic E-state index is 0.0291. The van der Waals surface area contributed by atoms with Gasteiger partial charge in [0.1, 0.15) is 11.6 Å². The van der Waals surface area contributed by atoms with Crippen LogP contribution in [0.2, 0.25) is 0 Å². The van der Waals surface area contributed by atoms with E-state index in [0.29, 0.717) is 0 Å². The molecule has 0 fully saturated rings. The van der Waals surface area contributed by atoms with E-state index in [1.807, 2.05) is 0 Å². The molecule has 4 nitrogen and oxygen atoms in total. The zero-order valence-corrected chi connectivity index (χ0v) is 34.8. The standard InChI is InChI=1S/C54H43BN4/c1-28-16-13-17-29(2)42(28)51-56-47-44-34(32-20-9-11-22-36(32)53(44,5)6)26-38-49(47)58(51)40-24-15-25-41-46(40)55(38)39-27-35-33-21-10-12-23-37(33)54(7,8)45(35)48-50(39)59(41)52(57-48)43-30(3)18-14-19-31(43)4/h9-27H,1-8H3. The van der Waals surface area contributed by atoms with Gasteiger partial charge < -0.3 is 0 Å². The van der Waals surface area contributed by atoms with Crippen molar-refractivity contribution < 1.29 is 0 Å². The van der Waals surface area contributed by atoms with Crippen LogP contribution in [0.5, 0.6) is 0 Å². The molecular formula is C54H43BN4. The summed E-state index contributed by atoms with van der Waals surface area (Å²) in [5.74, 6) is 2.04. The summed E-state index contributed by atoms with van der Waals surface area (Å²) in [6.45, 7) is 18.5. The van der Waals surface area contributed by atoms with Gasteiger partial charge in [-0.25, -0.2) is 9.97 Å². The maximum atomic E-state index is 5.87. The van der Waals surface area contributed by atoms with Gasteiger partial charge in [0.05, 0.1) is 22.1 Å². The lowest BCUT2D eigenvalue weighted by Crippen LogP contribution is -2.59. The summed E-state index contributed by atoms with van der Waals surface area (Å²) in [6, 6.07) is 43.5. The van der Waals surface area contributed by atoms with E-state index in [4.69, 9.17) is 9.97 Å². The Bertz CT molecular complexity index is 3180. The Balaban J connectivity index is 1.25. The predicted molar refractivity (Wildman–Crippen MR) is 245 cm³/mol. The molecule has 0 radical (unpaired) electrons. The Morgan fingerprint density at radius 1 is 0.458 bits per heavy atom. The first kappa shape index (κ1) is 33.5. The quantitative estimate of drug-likeness (QED) is 0.165. The topological polar surface area (TPSA) is 35.6 Å². The molecule has 0 saturated carbocycles. The van der Waals surface area contributed by atoms with Crippen LogP contribution < -0.4 is 16.4 Å². The van der Waals surface area contributed by atoms with Crippen molar-refractivity contribution in [3.63, 3.8) is 0 Å². The molecule has 4 heterocycles. The highest BCUT2D eigenvalue weighted by molar-refractivity contribution is 7.00. The highest BCUT2D eigenvalue weighted by Gasteiger charge is 2.48. The number of benzene rings is 7. The molecule has 0 saturated heterocycles. The lowest BCUT2D eigenvalue weighted by molar-refractivity contribution is 0.665. The van der Waals surface area contributed by atoms with E-state index in [2.05, 4.69) is 180 Å². The summed E-state index contributed by atoms with van der Waals surface area (Å²) in [5.41, 5.74) is 28.7. The highest BCUT2D eigenvalue weighted by atomic mass is 15.1. The number of fused-ring (bicyclic) bond motifs is 12. The lowest BCUT2D eigenvalue weighted by atomic mass is 9.34. The number of hydrogen-bond acceptors (Lipinski definition) is 2. The molecule has 2 aromatic heterocycles. The van der Waals surface area contributed by atoms with Crippen LogP contribution in [-0.2, 0) is 10.8 Å². The van der Waals surface area contributed by atoms with Gasteiger partial charge >= 0.3 is 0 Å². The number of aryl methyl sites for hydroxylation is 4. The Morgan fingerprint density at radius 3 is 1.27 bits per heavy atom. The second-order valence-corrected chi connectivity index (χ2v) is 18.7. The lowest BCUT2D eigenvalue weighted by Gasteiger charge is -2.35. The highest BCUT2D eigenvalue weighted by Crippen LogP contribution is 2.54. The van der Waals surface area contributed by atoms with Gasteiger partial charge in [-0.1, -0.05) is 131 Å². The third-order valence-corrected chi connectivity index (χ3v) is 14.8. The normalized spacial score (nSPS) is 15.4. The van der Waals surface area contributed by atoms with Crippen LogP contribution in [0.25, 0.3) is 78.5 Å². The van der Waals surface area contributed by atoms with E-state index >= 15 is 0 Å². The molecule has 7 aromatic carbocycles. The van der Waals surface area contributed by atoms with Crippen LogP contribution in [-0.4, -0.2) is 25.8 Å². The zero-order chi connectivity index (χ0) is 40.0. The van der Waals surface area contributed by atoms with Crippen LogP contribution in [0, 0.1) is 27.7 Å². The second kappa shape index (κ2) is 10.8. The average molecular weight is 759 g/mol. The van der Waals surface area contributed by atoms with Crippen LogP contribution in [0.4, 0.5) is 0 Å². The SMILES string of the molecule is Cc1cccc(C)c1-c1nc2c3c(cc4c2n1-c1cccc2c1B4c1cc4c(c5nc(-c6c(C)cccc6C)n-2c15)C(C)(C)c1ccccc1-4)-c1ccccc1C3(C)C. The summed E-state index contributed by atoms with van der Waals surface area (Å²) in [7, 11) is 0. The van der Waals surface area contributed by atoms with E-state index < -0.39 is 0 Å². The van der Waals surface area contributed by atoms with Crippen molar-refractivity contribution in [1.82, 2.24) is 19.1 Å². The van der Waals surface area contributed by atoms with Gasteiger partial charge in [0.25, 0.3) is 6.71 Å². The molecule has 13 rings (SSSR count). The fourth-order valence-corrected chi connectivity index (χ4v) is 12.3. The van der Waals surface area contributed by atoms with Gasteiger partial charge in [-0.2, -0.15) is 0 Å². The molecule has 2 aliphatic carbocycles. The van der Waals surface area contributed by atoms with Crippen LogP contribution >= 0.6 is 0 Å². The molecule has 59 heavy (non-hydrogen) atoms. The van der Waals surface area contributed by atoms with Gasteiger partial charge in [-0.05, 0) is 123 Å². The van der Waals surface area contributed by atoms with Crippen molar-refractivity contribution in [2.45, 2.75) is 66.2 Å². The van der Waals surface area contributed by atoms with E-state index in [1.165, 1.54) is 117 Å². The molecule has 0 atom stereocenters. The number of rotatable bonds is 2. The number of aromatic nitrogens is 4. The number of nitrogens with zero attached hydrogens (tertiary/aromatic N) is 4. The molecule has 2 aliphatic heterocycles. The van der Waals surface area contributed by atoms with Crippen LogP contribution in [0.1, 0.15) is 72.2 Å². The van der Waals surface area contributed by atoms with Gasteiger partial charge in [0.15, 0.2) is 0 Å². The molecule has 9 aromatic rings. The van der Waals surface area contributed by atoms with E-state index in [0.717, 1.165) is 22.7 Å². The van der Waals surface area contributed by atoms with Crippen molar-refractivity contribution in [3.8, 4) is 56.4 Å². The van der Waals surface area contributed by atoms with Crippen molar-refractivity contribution in [1.29, 1.82) is 0 Å². The molecule has 0 N–H and O–H groups in total. The maximum Gasteiger partial charge on any atom is 0.252 e. The van der Waals surface area contributed by atoms with Crippen molar-refractivity contribution >= 4 is 45.2 Å². The van der Waals surface area contributed by atoms with Crippen molar-refractivity contribution in [3.05, 3.63) is 160 Å². The number of imidazole rings is 2. The minimum Gasteiger partial charge on any atom is -0.293 e. The van der Waals surface area contributed by atoms with Gasteiger partial charge in [-0.15, -0.1) is 0 Å². The Morgan fingerprint density at radius 2 is 0.847 bits per heavy atom. The minimum atomic E-state index is -0.217. The summed E-state index contributed by atoms with van der Waals surface area (Å²) in [5, 5.41) is 0. The van der Waals surface area contributed by atoms with Crippen LogP contribution in [0.3, 0.4) is 0 Å². The maximum absolute atomic E-state index is 5.87. The second-order valence-electron chi connectivity index (χ2n) is 18.7. The summed E-state index contributed by atoms with van der Waals surface area (Å²) in [6.07, 6.45) is 0. The first-order valence-corrected chi connectivity index (χ1v) is 21.1. The fraction of sp³-hybridized carbons (Fsp3) is 0.185. The van der Waals surface area contributed by atoms with Crippen LogP contribution in [0.15, 0.2) is 115 Å². The smallest absolute Gasteiger partial charge is 0.252 e. The predicted octanol–water partition coefficient (Wildman–Crippen LogP) is 10.7. The number of hydrogen-bond donors (Lipinski definition) is 0. The molecular weight excluding hydrogens is 715 g/mol. The fourth-order valence-electron chi connectivity index (χ4n) is 12.3. The van der Waals surface area contributed by atoms with E-state index in [9.17, 15) is 0 Å². The molecule has 4 aliphatic rings. The first-order valence-electron chi connectivity index (χ1n) is 21.1. The zero-order valence-electron chi connectivity index (χ0n) is 34.8. The van der Waals surface area contributed by atoms with E-state index in [1.54, 1.807) is 0 Å². The van der Waals surface area contributed by atoms with Gasteiger partial charge in [0, 0.05) is 33.3 Å². The molecule has 282 valence electrons. The largest absolute Gasteiger partial charge is 0.293 e. The third kappa shape index (κ3) is 3.84. The van der Waals surface area contributed by atoms with Gasteiger partial charge in [-0.3, -0.25) is 9.13 Å². The molecule has 0 amide bonds. The molecule has 0 spiro atoms. The Labute approximate surface area is 345 Å². The molecule has 0 bridgehead atoms. The summed E-state index contributed by atoms with van der Waals surface area (Å²) < 4.78 is 5.08. The first-order chi connectivity index (χ1) is 28.5.